The third-order valence-corrected chi connectivity index (χ3v) is 4.20. The number of hydrogen-bond acceptors (Lipinski definition) is 4. The van der Waals surface area contributed by atoms with Crippen LogP contribution in [0, 0.1) is 0 Å². The van der Waals surface area contributed by atoms with Gasteiger partial charge >= 0.3 is 0 Å². The molecule has 0 radical (unpaired) electrons. The van der Waals surface area contributed by atoms with Gasteiger partial charge in [0, 0.05) is 20.7 Å². The number of benzene rings is 2. The van der Waals surface area contributed by atoms with Crippen molar-refractivity contribution in [1.82, 2.24) is 10.6 Å². The van der Waals surface area contributed by atoms with Gasteiger partial charge in [-0.05, 0) is 17.7 Å². The highest BCUT2D eigenvalue weighted by molar-refractivity contribution is 14.0. The minimum atomic E-state index is -0.0733. The van der Waals surface area contributed by atoms with E-state index < -0.39 is 0 Å². The van der Waals surface area contributed by atoms with E-state index in [1.165, 1.54) is 0 Å². The molecule has 146 valence electrons. The minimum Gasteiger partial charge on any atom is -0.486 e. The fourth-order valence-corrected chi connectivity index (χ4v) is 2.79. The molecule has 2 N–H and O–H groups in total. The number of hydrogen-bond donors (Lipinski definition) is 2. The summed E-state index contributed by atoms with van der Waals surface area (Å²) in [5, 5.41) is 6.57. The Morgan fingerprint density at radius 2 is 1.81 bits per heavy atom. The first-order valence-electron chi connectivity index (χ1n) is 8.71. The van der Waals surface area contributed by atoms with Gasteiger partial charge in [0.1, 0.15) is 12.7 Å². The molecule has 1 aliphatic rings. The molecule has 2 aromatic carbocycles. The summed E-state index contributed by atoms with van der Waals surface area (Å²) < 4.78 is 17.3. The number of fused-ring (bicyclic) bond motifs is 1. The van der Waals surface area contributed by atoms with E-state index in [1.54, 1.807) is 14.2 Å². The van der Waals surface area contributed by atoms with E-state index in [0.717, 1.165) is 17.1 Å². The molecule has 1 heterocycles. The van der Waals surface area contributed by atoms with Gasteiger partial charge in [-0.1, -0.05) is 42.5 Å². The van der Waals surface area contributed by atoms with E-state index in [9.17, 15) is 0 Å². The molecule has 0 saturated carbocycles. The quantitative estimate of drug-likeness (QED) is 0.376. The van der Waals surface area contributed by atoms with Crippen LogP contribution >= 0.6 is 24.0 Å². The smallest absolute Gasteiger partial charge is 0.191 e. The summed E-state index contributed by atoms with van der Waals surface area (Å²) in [7, 11) is 3.45. The molecule has 0 spiro atoms. The number of nitrogens with zero attached hydrogens (tertiary/aromatic N) is 1. The topological polar surface area (TPSA) is 64.1 Å². The van der Waals surface area contributed by atoms with Crippen molar-refractivity contribution < 1.29 is 14.2 Å². The van der Waals surface area contributed by atoms with Crippen molar-refractivity contribution >= 4 is 29.9 Å². The van der Waals surface area contributed by atoms with Crippen LogP contribution in [0.4, 0.5) is 0 Å². The molecular formula is C20H26IN3O3. The minimum absolute atomic E-state index is 0. The number of methoxy groups -OCH3 is 1. The molecule has 6 nitrogen and oxygen atoms in total. The molecule has 3 rings (SSSR count). The average molecular weight is 483 g/mol. The normalized spacial score (nSPS) is 16.8. The predicted molar refractivity (Wildman–Crippen MR) is 117 cm³/mol. The molecule has 2 unspecified atom stereocenters. The molecule has 7 heteroatoms. The average Bonchev–Trinajstić information content (AvgIpc) is 2.71. The fourth-order valence-electron chi connectivity index (χ4n) is 2.79. The molecule has 0 bridgehead atoms. The largest absolute Gasteiger partial charge is 0.486 e. The number of aliphatic imine (C=N–C) groups is 1. The molecule has 2 aromatic rings. The van der Waals surface area contributed by atoms with Crippen molar-refractivity contribution in [3.63, 3.8) is 0 Å². The van der Waals surface area contributed by atoms with Crippen molar-refractivity contribution in [3.8, 4) is 11.5 Å². The zero-order chi connectivity index (χ0) is 18.2. The van der Waals surface area contributed by atoms with Gasteiger partial charge in [0.2, 0.25) is 0 Å². The summed E-state index contributed by atoms with van der Waals surface area (Å²) in [6.07, 6.45) is -0.119. The van der Waals surface area contributed by atoms with Crippen LogP contribution in [-0.2, 0) is 4.74 Å². The van der Waals surface area contributed by atoms with E-state index >= 15 is 0 Å². The Morgan fingerprint density at radius 3 is 2.52 bits per heavy atom. The highest BCUT2D eigenvalue weighted by atomic mass is 127. The van der Waals surface area contributed by atoms with Crippen LogP contribution in [0.2, 0.25) is 0 Å². The monoisotopic (exact) mass is 483 g/mol. The SMILES string of the molecule is CN=C(NCC1COc2ccccc2O1)NCC(OC)c1ccccc1.I. The Labute approximate surface area is 177 Å². The Hall–Kier alpha value is -2.00. The summed E-state index contributed by atoms with van der Waals surface area (Å²) in [5.41, 5.74) is 1.12. The Kier molecular flexibility index (Phi) is 8.66. The lowest BCUT2D eigenvalue weighted by Gasteiger charge is -2.27. The third-order valence-electron chi connectivity index (χ3n) is 4.20. The summed E-state index contributed by atoms with van der Waals surface area (Å²) in [6.45, 7) is 1.72. The van der Waals surface area contributed by atoms with Gasteiger partial charge in [-0.3, -0.25) is 4.99 Å². The van der Waals surface area contributed by atoms with E-state index in [1.807, 2.05) is 42.5 Å². The Morgan fingerprint density at radius 1 is 1.11 bits per heavy atom. The number of nitrogens with one attached hydrogen (secondary N) is 2. The first kappa shape index (κ1) is 21.3. The molecular weight excluding hydrogens is 457 g/mol. The molecule has 1 aliphatic heterocycles. The van der Waals surface area contributed by atoms with Gasteiger partial charge in [0.05, 0.1) is 12.6 Å². The van der Waals surface area contributed by atoms with Crippen molar-refractivity contribution in [2.75, 3.05) is 33.9 Å². The van der Waals surface area contributed by atoms with Crippen LogP contribution in [0.15, 0.2) is 59.6 Å². The van der Waals surface area contributed by atoms with Crippen molar-refractivity contribution in [3.05, 3.63) is 60.2 Å². The second kappa shape index (κ2) is 11.0. The third kappa shape index (κ3) is 6.00. The zero-order valence-electron chi connectivity index (χ0n) is 15.6. The predicted octanol–water partition coefficient (Wildman–Crippen LogP) is 3.00. The number of rotatable bonds is 6. The van der Waals surface area contributed by atoms with Crippen LogP contribution in [0.3, 0.4) is 0 Å². The summed E-state index contributed by atoms with van der Waals surface area (Å²) in [6, 6.07) is 17.8. The van der Waals surface area contributed by atoms with E-state index in [4.69, 9.17) is 14.2 Å². The van der Waals surface area contributed by atoms with Crippen molar-refractivity contribution in [2.24, 2.45) is 4.99 Å². The highest BCUT2D eigenvalue weighted by Crippen LogP contribution is 2.30. The van der Waals surface area contributed by atoms with Gasteiger partial charge in [0.25, 0.3) is 0 Å². The first-order valence-corrected chi connectivity index (χ1v) is 8.71. The Balaban J connectivity index is 0.00000261. The standard InChI is InChI=1S/C20H25N3O3.HI/c1-21-20(23-13-19(24-2)15-8-4-3-5-9-15)22-12-16-14-25-17-10-6-7-11-18(17)26-16;/h3-11,16,19H,12-14H2,1-2H3,(H2,21,22,23);1H. The molecule has 0 amide bonds. The van der Waals surface area contributed by atoms with Gasteiger partial charge in [0.15, 0.2) is 17.5 Å². The van der Waals surface area contributed by atoms with Crippen molar-refractivity contribution in [1.29, 1.82) is 0 Å². The lowest BCUT2D eigenvalue weighted by molar-refractivity contribution is 0.0930. The van der Waals surface area contributed by atoms with Gasteiger partial charge in [-0.15, -0.1) is 24.0 Å². The molecule has 0 saturated heterocycles. The molecule has 27 heavy (non-hydrogen) atoms. The van der Waals surface area contributed by atoms with Crippen LogP contribution in [0.25, 0.3) is 0 Å². The maximum absolute atomic E-state index is 5.95. The number of ether oxygens (including phenoxy) is 3. The van der Waals surface area contributed by atoms with E-state index in [0.29, 0.717) is 25.7 Å². The Bertz CT molecular complexity index is 727. The van der Waals surface area contributed by atoms with Crippen LogP contribution in [0.1, 0.15) is 11.7 Å². The summed E-state index contributed by atoms with van der Waals surface area (Å²) in [4.78, 5) is 4.26. The molecule has 0 fully saturated rings. The zero-order valence-corrected chi connectivity index (χ0v) is 17.9. The lowest BCUT2D eigenvalue weighted by atomic mass is 10.1. The maximum Gasteiger partial charge on any atom is 0.191 e. The van der Waals surface area contributed by atoms with E-state index in [-0.39, 0.29) is 36.2 Å². The van der Waals surface area contributed by atoms with Crippen LogP contribution in [0.5, 0.6) is 11.5 Å². The lowest BCUT2D eigenvalue weighted by Crippen LogP contribution is -2.46. The van der Waals surface area contributed by atoms with Gasteiger partial charge < -0.3 is 24.8 Å². The highest BCUT2D eigenvalue weighted by Gasteiger charge is 2.20. The van der Waals surface area contributed by atoms with Crippen LogP contribution < -0.4 is 20.1 Å². The van der Waals surface area contributed by atoms with Gasteiger partial charge in [-0.2, -0.15) is 0 Å². The van der Waals surface area contributed by atoms with Crippen LogP contribution in [-0.4, -0.2) is 45.9 Å². The molecule has 0 aromatic heterocycles. The first-order chi connectivity index (χ1) is 12.8. The fraction of sp³-hybridized carbons (Fsp3) is 0.350. The molecule has 0 aliphatic carbocycles. The van der Waals surface area contributed by atoms with E-state index in [2.05, 4.69) is 27.8 Å². The summed E-state index contributed by atoms with van der Waals surface area (Å²) >= 11 is 0. The van der Waals surface area contributed by atoms with Gasteiger partial charge in [-0.25, -0.2) is 0 Å². The number of para-hydroxylation sites is 2. The maximum atomic E-state index is 5.95. The second-order valence-corrected chi connectivity index (χ2v) is 5.97. The number of halogens is 1. The number of guanidine groups is 1. The summed E-state index contributed by atoms with van der Waals surface area (Å²) in [5.74, 6) is 2.26. The van der Waals surface area contributed by atoms with Crippen molar-refractivity contribution in [2.45, 2.75) is 12.2 Å². The second-order valence-electron chi connectivity index (χ2n) is 5.97. The molecule has 2 atom stereocenters.